The van der Waals surface area contributed by atoms with Crippen LogP contribution in [0.4, 0.5) is 13.2 Å². The summed E-state index contributed by atoms with van der Waals surface area (Å²) in [5, 5.41) is 9.15. The van der Waals surface area contributed by atoms with Gasteiger partial charge in [0.1, 0.15) is 0 Å². The lowest BCUT2D eigenvalue weighted by Gasteiger charge is -2.42. The first-order valence-corrected chi connectivity index (χ1v) is 13.0. The lowest BCUT2D eigenvalue weighted by Crippen LogP contribution is -2.59. The number of halogens is 3. The second kappa shape index (κ2) is 12.0. The van der Waals surface area contributed by atoms with E-state index in [0.717, 1.165) is 16.1 Å². The third kappa shape index (κ3) is 6.63. The van der Waals surface area contributed by atoms with Crippen LogP contribution in [0.15, 0.2) is 72.2 Å². The largest absolute Gasteiger partial charge is 0.490 e. The Kier molecular flexibility index (Phi) is 8.66. The smallest absolute Gasteiger partial charge is 0.475 e. The highest BCUT2D eigenvalue weighted by atomic mass is 32.1. The predicted molar refractivity (Wildman–Crippen MR) is 136 cm³/mol. The number of thiophene rings is 1. The van der Waals surface area contributed by atoms with E-state index in [1.807, 2.05) is 70.9 Å². The number of ether oxygens (including phenoxy) is 1. The van der Waals surface area contributed by atoms with Gasteiger partial charge in [-0.2, -0.15) is 13.2 Å². The molecule has 4 heterocycles. The first-order valence-electron chi connectivity index (χ1n) is 12.1. The van der Waals surface area contributed by atoms with Crippen LogP contribution in [0.3, 0.4) is 0 Å². The van der Waals surface area contributed by atoms with Gasteiger partial charge >= 0.3 is 12.1 Å². The van der Waals surface area contributed by atoms with Crippen molar-refractivity contribution in [3.8, 4) is 0 Å². The molecule has 2 atom stereocenters. The molecular weight excluding hydrogens is 535 g/mol. The molecule has 2 aromatic heterocycles. The highest BCUT2D eigenvalue weighted by molar-refractivity contribution is 7.09. The van der Waals surface area contributed by atoms with Crippen molar-refractivity contribution in [3.05, 3.63) is 88.4 Å². The van der Waals surface area contributed by atoms with Crippen LogP contribution in [0.5, 0.6) is 0 Å². The molecule has 2 amide bonds. The number of carbonyl (C=O) groups excluding carboxylic acids is 2. The van der Waals surface area contributed by atoms with E-state index in [1.54, 1.807) is 22.4 Å². The van der Waals surface area contributed by atoms with Crippen LogP contribution in [-0.4, -0.2) is 75.7 Å². The fourth-order valence-electron chi connectivity index (χ4n) is 4.72. The van der Waals surface area contributed by atoms with Gasteiger partial charge in [-0.15, -0.1) is 11.3 Å². The molecule has 12 heteroatoms. The maximum absolute atomic E-state index is 13.8. The molecular formula is C27H26F3N3O5S. The Labute approximate surface area is 226 Å². The normalized spacial score (nSPS) is 21.0. The first kappa shape index (κ1) is 28.2. The molecule has 3 aromatic rings. The molecule has 2 aliphatic heterocycles. The number of amides is 2. The Morgan fingerprint density at radius 3 is 2.44 bits per heavy atom. The van der Waals surface area contributed by atoms with E-state index >= 15 is 0 Å². The zero-order valence-corrected chi connectivity index (χ0v) is 21.5. The number of hydrogen-bond acceptors (Lipinski definition) is 6. The van der Waals surface area contributed by atoms with Gasteiger partial charge in [-0.3, -0.25) is 14.6 Å². The molecule has 1 N–H and O–H groups in total. The Balaban J connectivity index is 0.000000448. The molecule has 2 unspecified atom stereocenters. The van der Waals surface area contributed by atoms with E-state index in [9.17, 15) is 22.8 Å². The summed E-state index contributed by atoms with van der Waals surface area (Å²) in [6.45, 7) is 2.22. The van der Waals surface area contributed by atoms with E-state index in [2.05, 4.69) is 4.98 Å². The number of nitrogens with zero attached hydrogens (tertiary/aromatic N) is 3. The number of morpholine rings is 1. The summed E-state index contributed by atoms with van der Waals surface area (Å²) < 4.78 is 38.0. The highest BCUT2D eigenvalue weighted by Gasteiger charge is 2.58. The minimum atomic E-state index is -5.08. The maximum Gasteiger partial charge on any atom is 0.490 e. The number of carboxylic acid groups (broad SMARTS) is 1. The van der Waals surface area contributed by atoms with Gasteiger partial charge in [0.25, 0.3) is 5.91 Å². The first-order chi connectivity index (χ1) is 18.6. The number of hydrogen-bond donors (Lipinski definition) is 1. The van der Waals surface area contributed by atoms with Crippen LogP contribution in [0.25, 0.3) is 0 Å². The van der Waals surface area contributed by atoms with Crippen molar-refractivity contribution in [3.63, 3.8) is 0 Å². The van der Waals surface area contributed by atoms with Crippen molar-refractivity contribution in [2.45, 2.75) is 30.7 Å². The van der Waals surface area contributed by atoms with Crippen molar-refractivity contribution in [2.75, 3.05) is 26.2 Å². The van der Waals surface area contributed by atoms with Gasteiger partial charge in [0.15, 0.2) is 5.60 Å². The SMILES string of the molecule is O=C(Cc1ccccn1)N1CCOC2(C1)C(=O)N(Cc1cccs1)CC2c1ccccc1.O=C(O)C(F)(F)F. The molecule has 39 heavy (non-hydrogen) atoms. The molecule has 2 aliphatic rings. The van der Waals surface area contributed by atoms with Crippen LogP contribution >= 0.6 is 11.3 Å². The van der Waals surface area contributed by atoms with E-state index in [4.69, 9.17) is 14.6 Å². The fraction of sp³-hybridized carbons (Fsp3) is 0.333. The van der Waals surface area contributed by atoms with Gasteiger partial charge in [0.2, 0.25) is 5.91 Å². The van der Waals surface area contributed by atoms with Crippen molar-refractivity contribution in [1.82, 2.24) is 14.8 Å². The Bertz CT molecular complexity index is 1270. The molecule has 0 bridgehead atoms. The van der Waals surface area contributed by atoms with Gasteiger partial charge in [-0.1, -0.05) is 42.5 Å². The maximum atomic E-state index is 13.8. The van der Waals surface area contributed by atoms with Crippen LogP contribution in [-0.2, 0) is 32.1 Å². The van der Waals surface area contributed by atoms with E-state index in [-0.39, 0.29) is 30.7 Å². The molecule has 0 saturated carbocycles. The molecule has 2 fully saturated rings. The summed E-state index contributed by atoms with van der Waals surface area (Å²) in [4.78, 5) is 44.9. The minimum Gasteiger partial charge on any atom is -0.475 e. The average Bonchev–Trinajstić information content (AvgIpc) is 3.53. The van der Waals surface area contributed by atoms with Crippen molar-refractivity contribution in [1.29, 1.82) is 0 Å². The highest BCUT2D eigenvalue weighted by Crippen LogP contribution is 2.42. The van der Waals surface area contributed by atoms with Crippen LogP contribution in [0.2, 0.25) is 0 Å². The van der Waals surface area contributed by atoms with Crippen molar-refractivity contribution < 1.29 is 37.4 Å². The number of pyridine rings is 1. The Hall–Kier alpha value is -3.77. The zero-order chi connectivity index (χ0) is 28.0. The summed E-state index contributed by atoms with van der Waals surface area (Å²) in [6.07, 6.45) is -3.17. The van der Waals surface area contributed by atoms with Crippen molar-refractivity contribution in [2.24, 2.45) is 0 Å². The quantitative estimate of drug-likeness (QED) is 0.510. The molecule has 1 spiro atoms. The number of benzene rings is 1. The average molecular weight is 562 g/mol. The summed E-state index contributed by atoms with van der Waals surface area (Å²) in [5.41, 5.74) is 0.736. The summed E-state index contributed by atoms with van der Waals surface area (Å²) in [7, 11) is 0. The third-order valence-electron chi connectivity index (χ3n) is 6.54. The lowest BCUT2D eigenvalue weighted by molar-refractivity contribution is -0.192. The number of likely N-dealkylation sites (tertiary alicyclic amines) is 1. The van der Waals surface area contributed by atoms with Crippen molar-refractivity contribution >= 4 is 29.1 Å². The molecule has 1 aromatic carbocycles. The summed E-state index contributed by atoms with van der Waals surface area (Å²) in [6, 6.07) is 19.7. The Morgan fingerprint density at radius 1 is 1.10 bits per heavy atom. The monoisotopic (exact) mass is 561 g/mol. The Morgan fingerprint density at radius 2 is 1.82 bits per heavy atom. The van der Waals surface area contributed by atoms with Gasteiger partial charge in [0.05, 0.1) is 26.1 Å². The van der Waals surface area contributed by atoms with Gasteiger partial charge in [-0.25, -0.2) is 4.79 Å². The van der Waals surface area contributed by atoms with Crippen LogP contribution < -0.4 is 0 Å². The fourth-order valence-corrected chi connectivity index (χ4v) is 5.44. The second-order valence-corrected chi connectivity index (χ2v) is 10.1. The summed E-state index contributed by atoms with van der Waals surface area (Å²) in [5.74, 6) is -2.95. The molecule has 206 valence electrons. The molecule has 8 nitrogen and oxygen atoms in total. The standard InChI is InChI=1S/C25H25N3O3S.C2HF3O2/c29-23(15-20-9-4-5-11-26-20)27-12-13-31-25(18-27)22(19-7-2-1-3-8-19)17-28(24(25)30)16-21-10-6-14-32-21;3-2(4,5)1(6)7/h1-11,14,22H,12-13,15-18H2;(H,6,7). The van der Waals surface area contributed by atoms with Crippen LogP contribution in [0.1, 0.15) is 22.1 Å². The number of alkyl halides is 3. The molecule has 0 aliphatic carbocycles. The van der Waals surface area contributed by atoms with Gasteiger partial charge in [0, 0.05) is 35.8 Å². The molecule has 5 rings (SSSR count). The van der Waals surface area contributed by atoms with Gasteiger partial charge in [-0.05, 0) is 29.1 Å². The molecule has 0 radical (unpaired) electrons. The lowest BCUT2D eigenvalue weighted by atomic mass is 9.83. The molecule has 2 saturated heterocycles. The third-order valence-corrected chi connectivity index (χ3v) is 7.41. The number of carbonyl (C=O) groups is 3. The van der Waals surface area contributed by atoms with E-state index in [0.29, 0.717) is 26.2 Å². The van der Waals surface area contributed by atoms with Crippen LogP contribution in [0, 0.1) is 0 Å². The summed E-state index contributed by atoms with van der Waals surface area (Å²) >= 11 is 1.64. The van der Waals surface area contributed by atoms with E-state index < -0.39 is 17.7 Å². The number of carboxylic acids is 1. The predicted octanol–water partition coefficient (Wildman–Crippen LogP) is 3.74. The van der Waals surface area contributed by atoms with E-state index in [1.165, 1.54) is 0 Å². The minimum absolute atomic E-state index is 0.0253. The number of rotatable bonds is 5. The van der Waals surface area contributed by atoms with Gasteiger partial charge < -0.3 is 19.6 Å². The number of aliphatic carboxylic acids is 1. The zero-order valence-electron chi connectivity index (χ0n) is 20.7. The second-order valence-electron chi connectivity index (χ2n) is 9.08. The number of aromatic nitrogens is 1. The topological polar surface area (TPSA) is 100 Å².